The molecule has 0 aliphatic rings. The first kappa shape index (κ1) is 12.9. The monoisotopic (exact) mass is 325 g/mol. The molecule has 0 spiro atoms. The number of nitrogens with two attached hydrogens (primary N) is 1. The standard InChI is InChI=1S/C12H9BrClN3O/c13-7-3-4-9(8(14)6-7)18-10-2-1-5-17-11(10)12(15)16/h1-6H,(H3,15,16). The van der Waals surface area contributed by atoms with Gasteiger partial charge < -0.3 is 10.5 Å². The third-order valence-electron chi connectivity index (χ3n) is 2.14. The summed E-state index contributed by atoms with van der Waals surface area (Å²) in [6.07, 6.45) is 1.55. The highest BCUT2D eigenvalue weighted by Crippen LogP contribution is 2.32. The van der Waals surface area contributed by atoms with Crippen molar-refractivity contribution in [2.24, 2.45) is 5.73 Å². The van der Waals surface area contributed by atoms with Crippen LogP contribution in [0.25, 0.3) is 0 Å². The second-order valence-electron chi connectivity index (χ2n) is 3.44. The molecule has 18 heavy (non-hydrogen) atoms. The molecule has 1 heterocycles. The van der Waals surface area contributed by atoms with Crippen LogP contribution in [0.4, 0.5) is 0 Å². The van der Waals surface area contributed by atoms with E-state index in [1.54, 1.807) is 30.5 Å². The molecule has 0 saturated carbocycles. The number of rotatable bonds is 3. The number of halogens is 2. The zero-order chi connectivity index (χ0) is 13.1. The van der Waals surface area contributed by atoms with Gasteiger partial charge in [0.2, 0.25) is 0 Å². The molecule has 0 atom stereocenters. The van der Waals surface area contributed by atoms with Crippen LogP contribution >= 0.6 is 27.5 Å². The predicted molar refractivity (Wildman–Crippen MR) is 74.5 cm³/mol. The number of nitrogens with one attached hydrogen (secondary N) is 1. The lowest BCUT2D eigenvalue weighted by atomic mass is 10.3. The van der Waals surface area contributed by atoms with Crippen molar-refractivity contribution in [3.05, 3.63) is 51.7 Å². The van der Waals surface area contributed by atoms with Crippen LogP contribution in [0.1, 0.15) is 5.69 Å². The van der Waals surface area contributed by atoms with Crippen molar-refractivity contribution in [3.63, 3.8) is 0 Å². The summed E-state index contributed by atoms with van der Waals surface area (Å²) in [5, 5.41) is 7.89. The van der Waals surface area contributed by atoms with E-state index < -0.39 is 0 Å². The van der Waals surface area contributed by atoms with Gasteiger partial charge in [-0.05, 0) is 30.3 Å². The summed E-state index contributed by atoms with van der Waals surface area (Å²) in [4.78, 5) is 3.99. The van der Waals surface area contributed by atoms with Crippen LogP contribution in [0, 0.1) is 5.41 Å². The maximum atomic E-state index is 7.42. The Hall–Kier alpha value is -1.59. The lowest BCUT2D eigenvalue weighted by Crippen LogP contribution is -2.14. The van der Waals surface area contributed by atoms with Crippen molar-refractivity contribution in [2.75, 3.05) is 0 Å². The van der Waals surface area contributed by atoms with E-state index in [0.29, 0.717) is 16.5 Å². The zero-order valence-electron chi connectivity index (χ0n) is 9.15. The second-order valence-corrected chi connectivity index (χ2v) is 4.76. The first-order chi connectivity index (χ1) is 8.58. The van der Waals surface area contributed by atoms with Gasteiger partial charge in [0.15, 0.2) is 5.75 Å². The fourth-order valence-corrected chi connectivity index (χ4v) is 2.06. The number of nitrogen functional groups attached to an aromatic ring is 1. The van der Waals surface area contributed by atoms with E-state index in [4.69, 9.17) is 27.5 Å². The van der Waals surface area contributed by atoms with E-state index in [9.17, 15) is 0 Å². The lowest BCUT2D eigenvalue weighted by Gasteiger charge is -2.10. The largest absolute Gasteiger partial charge is 0.453 e. The van der Waals surface area contributed by atoms with E-state index in [1.165, 1.54) is 0 Å². The number of amidine groups is 1. The predicted octanol–water partition coefficient (Wildman–Crippen LogP) is 3.57. The molecule has 0 bridgehead atoms. The van der Waals surface area contributed by atoms with E-state index in [-0.39, 0.29) is 11.5 Å². The Morgan fingerprint density at radius 1 is 1.33 bits per heavy atom. The maximum absolute atomic E-state index is 7.42. The molecule has 0 aliphatic carbocycles. The van der Waals surface area contributed by atoms with Gasteiger partial charge in [-0.1, -0.05) is 27.5 Å². The summed E-state index contributed by atoms with van der Waals surface area (Å²) in [6, 6.07) is 8.64. The molecule has 3 N–H and O–H groups in total. The van der Waals surface area contributed by atoms with Gasteiger partial charge in [0, 0.05) is 10.7 Å². The van der Waals surface area contributed by atoms with Crippen LogP contribution in [-0.2, 0) is 0 Å². The molecule has 2 rings (SSSR count). The maximum Gasteiger partial charge on any atom is 0.156 e. The van der Waals surface area contributed by atoms with E-state index in [0.717, 1.165) is 4.47 Å². The Kier molecular flexibility index (Phi) is 3.84. The molecule has 0 aliphatic heterocycles. The third-order valence-corrected chi connectivity index (χ3v) is 2.93. The summed E-state index contributed by atoms with van der Waals surface area (Å²) >= 11 is 9.36. The molecule has 4 nitrogen and oxygen atoms in total. The number of nitrogens with zero attached hydrogens (tertiary/aromatic N) is 1. The van der Waals surface area contributed by atoms with Crippen LogP contribution in [0.15, 0.2) is 41.0 Å². The third kappa shape index (κ3) is 2.80. The quantitative estimate of drug-likeness (QED) is 0.669. The van der Waals surface area contributed by atoms with Gasteiger partial charge in [0.1, 0.15) is 17.3 Å². The summed E-state index contributed by atoms with van der Waals surface area (Å²) < 4.78 is 6.48. The minimum atomic E-state index is -0.154. The molecule has 0 radical (unpaired) electrons. The Balaban J connectivity index is 2.37. The van der Waals surface area contributed by atoms with Crippen molar-refractivity contribution >= 4 is 33.4 Å². The summed E-state index contributed by atoms with van der Waals surface area (Å²) in [6.45, 7) is 0. The van der Waals surface area contributed by atoms with Crippen LogP contribution in [0.3, 0.4) is 0 Å². The number of ether oxygens (including phenoxy) is 1. The van der Waals surface area contributed by atoms with Gasteiger partial charge in [0.25, 0.3) is 0 Å². The smallest absolute Gasteiger partial charge is 0.156 e. The van der Waals surface area contributed by atoms with Gasteiger partial charge in [-0.3, -0.25) is 5.41 Å². The van der Waals surface area contributed by atoms with Crippen LogP contribution in [0.5, 0.6) is 11.5 Å². The topological polar surface area (TPSA) is 72.0 Å². The molecule has 0 fully saturated rings. The van der Waals surface area contributed by atoms with Gasteiger partial charge in [-0.25, -0.2) is 4.98 Å². The Bertz CT molecular complexity index is 604. The average molecular weight is 327 g/mol. The van der Waals surface area contributed by atoms with Crippen molar-refractivity contribution in [1.29, 1.82) is 5.41 Å². The van der Waals surface area contributed by atoms with Crippen molar-refractivity contribution in [3.8, 4) is 11.5 Å². The second kappa shape index (κ2) is 5.37. The highest BCUT2D eigenvalue weighted by atomic mass is 79.9. The first-order valence-electron chi connectivity index (χ1n) is 5.00. The fourth-order valence-electron chi connectivity index (χ4n) is 1.35. The Morgan fingerprint density at radius 3 is 2.78 bits per heavy atom. The molecule has 0 unspecified atom stereocenters. The number of aromatic nitrogens is 1. The highest BCUT2D eigenvalue weighted by Gasteiger charge is 2.10. The van der Waals surface area contributed by atoms with Crippen molar-refractivity contribution in [2.45, 2.75) is 0 Å². The Labute approximate surface area is 117 Å². The summed E-state index contributed by atoms with van der Waals surface area (Å²) in [7, 11) is 0. The van der Waals surface area contributed by atoms with Gasteiger partial charge >= 0.3 is 0 Å². The SMILES string of the molecule is N=C(N)c1ncccc1Oc1ccc(Br)cc1Cl. The lowest BCUT2D eigenvalue weighted by molar-refractivity contribution is 0.479. The molecule has 6 heteroatoms. The number of hydrogen-bond donors (Lipinski definition) is 2. The summed E-state index contributed by atoms with van der Waals surface area (Å²) in [5.74, 6) is 0.725. The molecule has 1 aromatic heterocycles. The normalized spacial score (nSPS) is 10.1. The molecular formula is C12H9BrClN3O. The van der Waals surface area contributed by atoms with E-state index >= 15 is 0 Å². The van der Waals surface area contributed by atoms with Gasteiger partial charge in [-0.2, -0.15) is 0 Å². The molecule has 0 saturated heterocycles. The Morgan fingerprint density at radius 2 is 2.11 bits per heavy atom. The van der Waals surface area contributed by atoms with E-state index in [2.05, 4.69) is 20.9 Å². The number of benzene rings is 1. The van der Waals surface area contributed by atoms with Crippen LogP contribution in [0.2, 0.25) is 5.02 Å². The van der Waals surface area contributed by atoms with Crippen LogP contribution in [-0.4, -0.2) is 10.8 Å². The minimum absolute atomic E-state index is 0.154. The molecule has 2 aromatic rings. The molecule has 0 amide bonds. The van der Waals surface area contributed by atoms with Gasteiger partial charge in [0.05, 0.1) is 5.02 Å². The average Bonchev–Trinajstić information content (AvgIpc) is 2.33. The van der Waals surface area contributed by atoms with Crippen LogP contribution < -0.4 is 10.5 Å². The van der Waals surface area contributed by atoms with E-state index in [1.807, 2.05) is 6.07 Å². The fraction of sp³-hybridized carbons (Fsp3) is 0. The molecule has 92 valence electrons. The first-order valence-corrected chi connectivity index (χ1v) is 6.17. The molecular weight excluding hydrogens is 318 g/mol. The highest BCUT2D eigenvalue weighted by molar-refractivity contribution is 9.10. The minimum Gasteiger partial charge on any atom is -0.453 e. The number of pyridine rings is 1. The summed E-state index contributed by atoms with van der Waals surface area (Å²) in [5.41, 5.74) is 5.72. The van der Waals surface area contributed by atoms with Crippen molar-refractivity contribution in [1.82, 2.24) is 4.98 Å². The van der Waals surface area contributed by atoms with Crippen molar-refractivity contribution < 1.29 is 4.74 Å². The number of hydrogen-bond acceptors (Lipinski definition) is 3. The van der Waals surface area contributed by atoms with Gasteiger partial charge in [-0.15, -0.1) is 0 Å². The zero-order valence-corrected chi connectivity index (χ0v) is 11.5. The molecule has 1 aromatic carbocycles.